The van der Waals surface area contributed by atoms with Crippen LogP contribution in [0, 0.1) is 0 Å². The zero-order valence-electron chi connectivity index (χ0n) is 12.6. The Kier molecular flexibility index (Phi) is 6.48. The van der Waals surface area contributed by atoms with Crippen molar-refractivity contribution in [3.8, 4) is 11.5 Å². The molecule has 1 unspecified atom stereocenters. The molecule has 0 aliphatic carbocycles. The highest BCUT2D eigenvalue weighted by Crippen LogP contribution is 2.40. The van der Waals surface area contributed by atoms with Gasteiger partial charge >= 0.3 is 0 Å². The van der Waals surface area contributed by atoms with Crippen molar-refractivity contribution in [2.75, 3.05) is 45.4 Å². The van der Waals surface area contributed by atoms with E-state index in [0.717, 1.165) is 30.0 Å². The summed E-state index contributed by atoms with van der Waals surface area (Å²) >= 11 is 8.19. The molecule has 0 radical (unpaired) electrons. The average molecular weight is 331 g/mol. The third kappa shape index (κ3) is 4.19. The monoisotopic (exact) mass is 330 g/mol. The molecule has 118 valence electrons. The van der Waals surface area contributed by atoms with E-state index < -0.39 is 0 Å². The summed E-state index contributed by atoms with van der Waals surface area (Å²) in [6, 6.07) is 4.09. The van der Waals surface area contributed by atoms with Crippen LogP contribution >= 0.6 is 23.4 Å². The molecule has 0 saturated heterocycles. The molecule has 1 aromatic carbocycles. The van der Waals surface area contributed by atoms with Crippen LogP contribution in [-0.4, -0.2) is 50.3 Å². The van der Waals surface area contributed by atoms with E-state index in [9.17, 15) is 0 Å². The molecule has 2 N–H and O–H groups in total. The molecular weight excluding hydrogens is 308 g/mol. The third-order valence-electron chi connectivity index (χ3n) is 3.61. The van der Waals surface area contributed by atoms with Gasteiger partial charge in [0.1, 0.15) is 0 Å². The summed E-state index contributed by atoms with van der Waals surface area (Å²) in [6.07, 6.45) is 2.98. The number of hydrogen-bond acceptors (Lipinski definition) is 5. The van der Waals surface area contributed by atoms with Crippen LogP contribution in [0.4, 0.5) is 0 Å². The Morgan fingerprint density at radius 1 is 1.38 bits per heavy atom. The molecule has 2 rings (SSSR count). The first kappa shape index (κ1) is 16.7. The number of hydrogen-bond donors (Lipinski definition) is 1. The highest BCUT2D eigenvalue weighted by atomic mass is 35.5. The molecule has 0 spiro atoms. The first-order valence-corrected chi connectivity index (χ1v) is 8.92. The summed E-state index contributed by atoms with van der Waals surface area (Å²) in [5.74, 6) is 2.46. The molecule has 1 aliphatic rings. The fraction of sp³-hybridized carbons (Fsp3) is 0.600. The first-order valence-electron chi connectivity index (χ1n) is 7.15. The van der Waals surface area contributed by atoms with Gasteiger partial charge in [-0.25, -0.2) is 0 Å². The Hall–Kier alpha value is -0.620. The summed E-state index contributed by atoms with van der Waals surface area (Å²) < 4.78 is 11.4. The molecule has 0 bridgehead atoms. The number of likely N-dealkylation sites (N-methyl/N-ethyl adjacent to an activating group) is 1. The van der Waals surface area contributed by atoms with E-state index in [2.05, 4.69) is 18.2 Å². The van der Waals surface area contributed by atoms with Gasteiger partial charge in [0, 0.05) is 31.3 Å². The maximum absolute atomic E-state index is 6.36. The van der Waals surface area contributed by atoms with Crippen molar-refractivity contribution in [3.05, 3.63) is 22.7 Å². The number of thioether (sulfide) groups is 1. The van der Waals surface area contributed by atoms with Crippen molar-refractivity contribution in [1.29, 1.82) is 0 Å². The van der Waals surface area contributed by atoms with Gasteiger partial charge in [0.05, 0.1) is 18.2 Å². The molecule has 1 heterocycles. The van der Waals surface area contributed by atoms with Crippen molar-refractivity contribution in [3.63, 3.8) is 0 Å². The molecule has 1 atom stereocenters. The highest BCUT2D eigenvalue weighted by molar-refractivity contribution is 7.98. The summed E-state index contributed by atoms with van der Waals surface area (Å²) in [7, 11) is 2.09. The summed E-state index contributed by atoms with van der Waals surface area (Å²) in [5, 5.41) is 0.598. The van der Waals surface area contributed by atoms with Crippen molar-refractivity contribution in [2.45, 2.75) is 12.5 Å². The van der Waals surface area contributed by atoms with Crippen LogP contribution in [-0.2, 0) is 0 Å². The quantitative estimate of drug-likeness (QED) is 0.869. The van der Waals surface area contributed by atoms with Crippen LogP contribution in [0.5, 0.6) is 11.5 Å². The second-order valence-electron chi connectivity index (χ2n) is 5.11. The average Bonchev–Trinajstić information content (AvgIpc) is 2.71. The minimum atomic E-state index is 0.131. The van der Waals surface area contributed by atoms with Gasteiger partial charge in [-0.15, -0.1) is 0 Å². The van der Waals surface area contributed by atoms with Gasteiger partial charge in [-0.3, -0.25) is 4.90 Å². The first-order chi connectivity index (χ1) is 10.2. The van der Waals surface area contributed by atoms with Gasteiger partial charge in [0.25, 0.3) is 0 Å². The molecule has 0 saturated carbocycles. The standard InChI is InChI=1S/C15H23ClN2O2S/c1-18(4-7-21-2)13(10-17)11-8-12(16)15-14(9-11)19-5-3-6-20-15/h8-9,13H,3-7,10,17H2,1-2H3. The maximum atomic E-state index is 6.36. The second kappa shape index (κ2) is 8.13. The van der Waals surface area contributed by atoms with Crippen LogP contribution in [0.25, 0.3) is 0 Å². The molecule has 0 amide bonds. The van der Waals surface area contributed by atoms with Gasteiger partial charge in [-0.05, 0) is 31.0 Å². The molecule has 1 aliphatic heterocycles. The Labute approximate surface area is 135 Å². The lowest BCUT2D eigenvalue weighted by Gasteiger charge is -2.28. The fourth-order valence-corrected chi connectivity index (χ4v) is 3.15. The third-order valence-corrected chi connectivity index (χ3v) is 4.48. The lowest BCUT2D eigenvalue weighted by molar-refractivity contribution is 0.264. The minimum absolute atomic E-state index is 0.131. The Bertz CT molecular complexity index is 473. The Morgan fingerprint density at radius 3 is 2.86 bits per heavy atom. The Morgan fingerprint density at radius 2 is 2.14 bits per heavy atom. The normalized spacial score (nSPS) is 15.9. The maximum Gasteiger partial charge on any atom is 0.179 e. The fourth-order valence-electron chi connectivity index (χ4n) is 2.40. The van der Waals surface area contributed by atoms with E-state index in [1.165, 1.54) is 0 Å². The molecular formula is C15H23ClN2O2S. The number of nitrogens with two attached hydrogens (primary N) is 1. The van der Waals surface area contributed by atoms with E-state index in [1.54, 1.807) is 0 Å². The smallest absolute Gasteiger partial charge is 0.179 e. The largest absolute Gasteiger partial charge is 0.489 e. The van der Waals surface area contributed by atoms with Gasteiger partial charge in [0.15, 0.2) is 11.5 Å². The van der Waals surface area contributed by atoms with Crippen LogP contribution < -0.4 is 15.2 Å². The Balaban J connectivity index is 2.25. The van der Waals surface area contributed by atoms with Crippen molar-refractivity contribution in [2.24, 2.45) is 5.73 Å². The van der Waals surface area contributed by atoms with Crippen LogP contribution in [0.15, 0.2) is 12.1 Å². The van der Waals surface area contributed by atoms with E-state index in [0.29, 0.717) is 30.5 Å². The predicted octanol–water partition coefficient (Wildman–Crippen LogP) is 2.80. The number of rotatable bonds is 6. The predicted molar refractivity (Wildman–Crippen MR) is 89.9 cm³/mol. The van der Waals surface area contributed by atoms with Gasteiger partial charge in [-0.1, -0.05) is 11.6 Å². The van der Waals surface area contributed by atoms with Crippen LogP contribution in [0.3, 0.4) is 0 Å². The number of fused-ring (bicyclic) bond motifs is 1. The van der Waals surface area contributed by atoms with Crippen LogP contribution in [0.1, 0.15) is 18.0 Å². The van der Waals surface area contributed by atoms with E-state index >= 15 is 0 Å². The molecule has 21 heavy (non-hydrogen) atoms. The molecule has 4 nitrogen and oxygen atoms in total. The molecule has 6 heteroatoms. The number of nitrogens with zero attached hydrogens (tertiary/aromatic N) is 1. The highest BCUT2D eigenvalue weighted by Gasteiger charge is 2.21. The van der Waals surface area contributed by atoms with Crippen molar-refractivity contribution >= 4 is 23.4 Å². The minimum Gasteiger partial charge on any atom is -0.489 e. The van der Waals surface area contributed by atoms with Crippen molar-refractivity contribution < 1.29 is 9.47 Å². The van der Waals surface area contributed by atoms with Gasteiger partial charge in [0.2, 0.25) is 0 Å². The molecule has 1 aromatic rings. The zero-order chi connectivity index (χ0) is 15.2. The van der Waals surface area contributed by atoms with E-state index in [1.807, 2.05) is 23.9 Å². The van der Waals surface area contributed by atoms with E-state index in [-0.39, 0.29) is 6.04 Å². The number of benzene rings is 1. The summed E-state index contributed by atoms with van der Waals surface area (Å²) in [6.45, 7) is 2.82. The van der Waals surface area contributed by atoms with Gasteiger partial charge in [-0.2, -0.15) is 11.8 Å². The van der Waals surface area contributed by atoms with E-state index in [4.69, 9.17) is 26.8 Å². The number of halogens is 1. The van der Waals surface area contributed by atoms with Gasteiger partial charge < -0.3 is 15.2 Å². The summed E-state index contributed by atoms with van der Waals surface area (Å²) in [5.41, 5.74) is 7.05. The van der Waals surface area contributed by atoms with Crippen LogP contribution in [0.2, 0.25) is 5.02 Å². The number of ether oxygens (including phenoxy) is 2. The second-order valence-corrected chi connectivity index (χ2v) is 6.50. The SMILES string of the molecule is CSCCN(C)C(CN)c1cc(Cl)c2c(c1)OCCCO2. The topological polar surface area (TPSA) is 47.7 Å². The lowest BCUT2D eigenvalue weighted by atomic mass is 10.0. The zero-order valence-corrected chi connectivity index (χ0v) is 14.2. The molecule has 0 fully saturated rings. The summed E-state index contributed by atoms with van der Waals surface area (Å²) in [4.78, 5) is 2.26. The molecule has 0 aromatic heterocycles. The van der Waals surface area contributed by atoms with Crippen molar-refractivity contribution in [1.82, 2.24) is 4.90 Å². The lowest BCUT2D eigenvalue weighted by Crippen LogP contribution is -2.32.